The molecule has 0 aliphatic heterocycles. The lowest BCUT2D eigenvalue weighted by molar-refractivity contribution is 0.414. The standard InChI is InChI=1S/C14H18N2O/c1-11(2)7-12-9-15-16(10-12)13-5-4-6-14(8-13)17-3/h4-6,8-11H,7H2,1-3H3. The first-order valence-electron chi connectivity index (χ1n) is 5.87. The number of rotatable bonds is 4. The molecule has 90 valence electrons. The van der Waals surface area contributed by atoms with Crippen molar-refractivity contribution < 1.29 is 4.74 Å². The Balaban J connectivity index is 2.24. The Morgan fingerprint density at radius 1 is 1.35 bits per heavy atom. The summed E-state index contributed by atoms with van der Waals surface area (Å²) in [5, 5.41) is 4.38. The summed E-state index contributed by atoms with van der Waals surface area (Å²) in [6.07, 6.45) is 5.07. The molecule has 1 aromatic carbocycles. The van der Waals surface area contributed by atoms with Gasteiger partial charge in [-0.05, 0) is 30.0 Å². The lowest BCUT2D eigenvalue weighted by atomic mass is 10.1. The molecule has 0 fully saturated rings. The average molecular weight is 230 g/mol. The molecule has 17 heavy (non-hydrogen) atoms. The Labute approximate surface area is 102 Å². The monoisotopic (exact) mass is 230 g/mol. The zero-order valence-corrected chi connectivity index (χ0v) is 10.6. The van der Waals surface area contributed by atoms with Gasteiger partial charge in [-0.1, -0.05) is 19.9 Å². The van der Waals surface area contributed by atoms with E-state index in [4.69, 9.17) is 4.74 Å². The largest absolute Gasteiger partial charge is 0.497 e. The van der Waals surface area contributed by atoms with Crippen molar-refractivity contribution in [3.8, 4) is 11.4 Å². The van der Waals surface area contributed by atoms with Crippen molar-refractivity contribution >= 4 is 0 Å². The van der Waals surface area contributed by atoms with E-state index >= 15 is 0 Å². The van der Waals surface area contributed by atoms with Gasteiger partial charge in [-0.15, -0.1) is 0 Å². The number of nitrogens with zero attached hydrogens (tertiary/aromatic N) is 2. The molecule has 2 rings (SSSR count). The predicted molar refractivity (Wildman–Crippen MR) is 68.7 cm³/mol. The van der Waals surface area contributed by atoms with E-state index in [1.807, 2.05) is 35.1 Å². The second kappa shape index (κ2) is 5.04. The molecule has 0 bridgehead atoms. The van der Waals surface area contributed by atoms with Gasteiger partial charge in [-0.3, -0.25) is 0 Å². The minimum absolute atomic E-state index is 0.651. The zero-order chi connectivity index (χ0) is 12.3. The first kappa shape index (κ1) is 11.7. The fraction of sp³-hybridized carbons (Fsp3) is 0.357. The number of hydrogen-bond donors (Lipinski definition) is 0. The van der Waals surface area contributed by atoms with Crippen LogP contribution >= 0.6 is 0 Å². The molecule has 0 amide bonds. The van der Waals surface area contributed by atoms with Crippen molar-refractivity contribution in [2.45, 2.75) is 20.3 Å². The highest BCUT2D eigenvalue weighted by atomic mass is 16.5. The van der Waals surface area contributed by atoms with E-state index in [1.165, 1.54) is 5.56 Å². The van der Waals surface area contributed by atoms with Gasteiger partial charge in [-0.25, -0.2) is 4.68 Å². The molecular formula is C14H18N2O. The highest BCUT2D eigenvalue weighted by Gasteiger charge is 2.03. The first-order valence-corrected chi connectivity index (χ1v) is 5.87. The van der Waals surface area contributed by atoms with Crippen LogP contribution in [0, 0.1) is 5.92 Å². The Morgan fingerprint density at radius 3 is 2.88 bits per heavy atom. The van der Waals surface area contributed by atoms with Crippen LogP contribution in [0.15, 0.2) is 36.7 Å². The summed E-state index contributed by atoms with van der Waals surface area (Å²) in [6.45, 7) is 4.42. The lowest BCUT2D eigenvalue weighted by Crippen LogP contribution is -1.95. The highest BCUT2D eigenvalue weighted by molar-refractivity contribution is 5.38. The molecule has 0 radical (unpaired) electrons. The minimum Gasteiger partial charge on any atom is -0.497 e. The van der Waals surface area contributed by atoms with Crippen LogP contribution in [-0.2, 0) is 6.42 Å². The molecule has 0 saturated heterocycles. The molecule has 0 N–H and O–H groups in total. The fourth-order valence-corrected chi connectivity index (χ4v) is 1.83. The van der Waals surface area contributed by atoms with Crippen LogP contribution in [0.5, 0.6) is 5.75 Å². The van der Waals surface area contributed by atoms with E-state index in [-0.39, 0.29) is 0 Å². The van der Waals surface area contributed by atoms with Crippen molar-refractivity contribution in [1.29, 1.82) is 0 Å². The summed E-state index contributed by atoms with van der Waals surface area (Å²) in [7, 11) is 1.67. The normalized spacial score (nSPS) is 10.8. The van der Waals surface area contributed by atoms with Crippen LogP contribution < -0.4 is 4.74 Å². The van der Waals surface area contributed by atoms with E-state index in [2.05, 4.69) is 25.1 Å². The molecule has 3 heteroatoms. The quantitative estimate of drug-likeness (QED) is 0.807. The Hall–Kier alpha value is -1.77. The van der Waals surface area contributed by atoms with E-state index in [1.54, 1.807) is 7.11 Å². The zero-order valence-electron chi connectivity index (χ0n) is 10.6. The number of aromatic nitrogens is 2. The molecule has 0 spiro atoms. The van der Waals surface area contributed by atoms with Crippen molar-refractivity contribution in [3.05, 3.63) is 42.2 Å². The molecule has 0 aliphatic carbocycles. The highest BCUT2D eigenvalue weighted by Crippen LogP contribution is 2.17. The third kappa shape index (κ3) is 2.87. The van der Waals surface area contributed by atoms with E-state index in [0.29, 0.717) is 5.92 Å². The maximum Gasteiger partial charge on any atom is 0.121 e. The maximum atomic E-state index is 5.21. The molecule has 0 atom stereocenters. The first-order chi connectivity index (χ1) is 8.19. The molecule has 0 unspecified atom stereocenters. The maximum absolute atomic E-state index is 5.21. The van der Waals surface area contributed by atoms with Crippen molar-refractivity contribution in [1.82, 2.24) is 9.78 Å². The number of hydrogen-bond acceptors (Lipinski definition) is 2. The summed E-state index contributed by atoms with van der Waals surface area (Å²) in [5.41, 5.74) is 2.29. The van der Waals surface area contributed by atoms with E-state index in [0.717, 1.165) is 17.9 Å². The van der Waals surface area contributed by atoms with Gasteiger partial charge in [0.15, 0.2) is 0 Å². The summed E-state index contributed by atoms with van der Waals surface area (Å²) in [5.74, 6) is 1.50. The second-order valence-electron chi connectivity index (χ2n) is 4.59. The smallest absolute Gasteiger partial charge is 0.121 e. The van der Waals surface area contributed by atoms with Crippen LogP contribution in [0.25, 0.3) is 5.69 Å². The molecule has 1 heterocycles. The van der Waals surface area contributed by atoms with Crippen LogP contribution in [-0.4, -0.2) is 16.9 Å². The van der Waals surface area contributed by atoms with Crippen molar-refractivity contribution in [3.63, 3.8) is 0 Å². The van der Waals surface area contributed by atoms with Gasteiger partial charge in [0.25, 0.3) is 0 Å². The summed E-state index contributed by atoms with van der Waals surface area (Å²) < 4.78 is 7.10. The van der Waals surface area contributed by atoms with Crippen molar-refractivity contribution in [2.24, 2.45) is 5.92 Å². The van der Waals surface area contributed by atoms with Crippen LogP contribution in [0.3, 0.4) is 0 Å². The van der Waals surface area contributed by atoms with Crippen LogP contribution in [0.4, 0.5) is 0 Å². The average Bonchev–Trinajstić information content (AvgIpc) is 2.77. The van der Waals surface area contributed by atoms with Gasteiger partial charge in [0.1, 0.15) is 5.75 Å². The fourth-order valence-electron chi connectivity index (χ4n) is 1.83. The number of benzene rings is 1. The van der Waals surface area contributed by atoms with Gasteiger partial charge >= 0.3 is 0 Å². The molecule has 0 aliphatic rings. The molecule has 3 nitrogen and oxygen atoms in total. The second-order valence-corrected chi connectivity index (χ2v) is 4.59. The lowest BCUT2D eigenvalue weighted by Gasteiger charge is -2.04. The SMILES string of the molecule is COc1cccc(-n2cc(CC(C)C)cn2)c1. The summed E-state index contributed by atoms with van der Waals surface area (Å²) >= 11 is 0. The topological polar surface area (TPSA) is 27.1 Å². The minimum atomic E-state index is 0.651. The molecule has 1 aromatic heterocycles. The van der Waals surface area contributed by atoms with Gasteiger partial charge in [0, 0.05) is 12.3 Å². The van der Waals surface area contributed by atoms with Crippen LogP contribution in [0.2, 0.25) is 0 Å². The van der Waals surface area contributed by atoms with Gasteiger partial charge in [0.05, 0.1) is 19.0 Å². The van der Waals surface area contributed by atoms with Gasteiger partial charge < -0.3 is 4.74 Å². The van der Waals surface area contributed by atoms with E-state index < -0.39 is 0 Å². The van der Waals surface area contributed by atoms with Gasteiger partial charge in [0.2, 0.25) is 0 Å². The summed E-state index contributed by atoms with van der Waals surface area (Å²) in [4.78, 5) is 0. The third-order valence-electron chi connectivity index (χ3n) is 2.60. The number of ether oxygens (including phenoxy) is 1. The van der Waals surface area contributed by atoms with Crippen molar-refractivity contribution in [2.75, 3.05) is 7.11 Å². The summed E-state index contributed by atoms with van der Waals surface area (Å²) in [6, 6.07) is 7.90. The predicted octanol–water partition coefficient (Wildman–Crippen LogP) is 3.08. The van der Waals surface area contributed by atoms with Crippen LogP contribution in [0.1, 0.15) is 19.4 Å². The molecular weight excluding hydrogens is 212 g/mol. The Kier molecular flexibility index (Phi) is 3.47. The van der Waals surface area contributed by atoms with Gasteiger partial charge in [-0.2, -0.15) is 5.10 Å². The molecule has 0 saturated carbocycles. The number of methoxy groups -OCH3 is 1. The van der Waals surface area contributed by atoms with E-state index in [9.17, 15) is 0 Å². The Bertz CT molecular complexity index is 488. The molecule has 2 aromatic rings. The Morgan fingerprint density at radius 2 is 2.18 bits per heavy atom. The third-order valence-corrected chi connectivity index (χ3v) is 2.60.